The van der Waals surface area contributed by atoms with E-state index in [0.717, 1.165) is 50.6 Å². The Kier molecular flexibility index (Phi) is 5.48. The monoisotopic (exact) mass is 376 g/mol. The van der Waals surface area contributed by atoms with Gasteiger partial charge < -0.3 is 14.4 Å². The topological polar surface area (TPSA) is 48.0 Å². The van der Waals surface area contributed by atoms with E-state index >= 15 is 0 Å². The first-order valence-electron chi connectivity index (χ1n) is 9.50. The van der Waals surface area contributed by atoms with Gasteiger partial charge in [-0.1, -0.05) is 0 Å². The molecule has 0 spiro atoms. The fourth-order valence-electron chi connectivity index (χ4n) is 3.86. The number of rotatable bonds is 5. The molecule has 0 aromatic heterocycles. The van der Waals surface area contributed by atoms with Gasteiger partial charge in [0, 0.05) is 23.8 Å². The summed E-state index contributed by atoms with van der Waals surface area (Å²) >= 11 is 0. The highest BCUT2D eigenvalue weighted by Crippen LogP contribution is 2.37. The van der Waals surface area contributed by atoms with Gasteiger partial charge in [0.25, 0.3) is 6.23 Å². The molecule has 2 fully saturated rings. The van der Waals surface area contributed by atoms with Gasteiger partial charge in [0.15, 0.2) is 6.54 Å². The van der Waals surface area contributed by atoms with Gasteiger partial charge in [-0.3, -0.25) is 0 Å². The van der Waals surface area contributed by atoms with Gasteiger partial charge in [0.05, 0.1) is 11.7 Å². The predicted molar refractivity (Wildman–Crippen MR) is 94.4 cm³/mol. The molecule has 1 aromatic rings. The molecule has 0 bridgehead atoms. The van der Waals surface area contributed by atoms with Gasteiger partial charge in [0.2, 0.25) is 0 Å². The van der Waals surface area contributed by atoms with Crippen molar-refractivity contribution in [2.45, 2.75) is 44.1 Å². The Hall–Kier alpha value is -2.28. The second-order valence-corrected chi connectivity index (χ2v) is 7.07. The number of hydrogen-bond acceptors (Lipinski definition) is 4. The van der Waals surface area contributed by atoms with Crippen LogP contribution in [0.4, 0.5) is 8.78 Å². The van der Waals surface area contributed by atoms with E-state index in [1.54, 1.807) is 6.26 Å². The van der Waals surface area contributed by atoms with E-state index in [9.17, 15) is 8.78 Å². The van der Waals surface area contributed by atoms with E-state index in [0.29, 0.717) is 12.1 Å². The molecule has 144 valence electrons. The van der Waals surface area contributed by atoms with Crippen LogP contribution in [0, 0.1) is 11.6 Å². The van der Waals surface area contributed by atoms with Crippen LogP contribution < -0.4 is 5.11 Å². The molecule has 1 unspecified atom stereocenters. The van der Waals surface area contributed by atoms with Crippen LogP contribution in [0.5, 0.6) is 0 Å². The molecule has 4 rings (SSSR count). The third-order valence-corrected chi connectivity index (χ3v) is 5.22. The van der Waals surface area contributed by atoms with Crippen molar-refractivity contribution in [1.82, 2.24) is 4.90 Å². The first-order valence-corrected chi connectivity index (χ1v) is 9.50. The van der Waals surface area contributed by atoms with E-state index in [1.165, 1.54) is 12.1 Å². The zero-order valence-electron chi connectivity index (χ0n) is 15.1. The predicted octanol–water partition coefficient (Wildman–Crippen LogP) is 2.57. The molecule has 1 aromatic carbocycles. The summed E-state index contributed by atoms with van der Waals surface area (Å²) in [6.07, 6.45) is 9.11. The molecule has 5 nitrogen and oxygen atoms in total. The van der Waals surface area contributed by atoms with Crippen molar-refractivity contribution < 1.29 is 23.4 Å². The summed E-state index contributed by atoms with van der Waals surface area (Å²) in [4.78, 5) is 2.06. The lowest BCUT2D eigenvalue weighted by atomic mass is 10.0. The normalized spacial score (nSPS) is 28.0. The maximum atomic E-state index is 14.2. The summed E-state index contributed by atoms with van der Waals surface area (Å²) in [7, 11) is 0. The summed E-state index contributed by atoms with van der Waals surface area (Å²) in [5.41, 5.74) is 1.25. The van der Waals surface area contributed by atoms with Crippen LogP contribution in [0.15, 0.2) is 47.4 Å². The Bertz CT molecular complexity index is 760. The zero-order valence-corrected chi connectivity index (χ0v) is 15.1. The Labute approximate surface area is 157 Å². The number of azo groups is 1. The summed E-state index contributed by atoms with van der Waals surface area (Å²) in [5, 5.41) is 7.32. The first-order chi connectivity index (χ1) is 13.2. The highest BCUT2D eigenvalue weighted by molar-refractivity contribution is 5.28. The molecule has 3 aliphatic rings. The smallest absolute Gasteiger partial charge is 0.267 e. The lowest BCUT2D eigenvalue weighted by Gasteiger charge is -2.29. The van der Waals surface area contributed by atoms with Crippen LogP contribution in [0.2, 0.25) is 0 Å². The van der Waals surface area contributed by atoms with Crippen molar-refractivity contribution in [1.29, 1.82) is 0 Å². The quantitative estimate of drug-likeness (QED) is 0.804. The highest BCUT2D eigenvalue weighted by atomic mass is 19.1. The molecule has 2 saturated heterocycles. The fraction of sp³-hybridized carbons (Fsp3) is 0.500. The van der Waals surface area contributed by atoms with Crippen LogP contribution in [0.3, 0.4) is 0 Å². The molecule has 7 heteroatoms. The maximum Gasteiger partial charge on any atom is 0.267 e. The summed E-state index contributed by atoms with van der Waals surface area (Å²) in [6.45, 7) is 2.28. The van der Waals surface area contributed by atoms with Crippen molar-refractivity contribution in [2.75, 3.05) is 19.7 Å². The van der Waals surface area contributed by atoms with Crippen molar-refractivity contribution in [3.8, 4) is 0 Å². The number of halogens is 2. The highest BCUT2D eigenvalue weighted by Gasteiger charge is 2.30. The second-order valence-electron chi connectivity index (χ2n) is 7.07. The van der Waals surface area contributed by atoms with E-state index < -0.39 is 12.0 Å². The number of allylic oxidation sites excluding steroid dienone is 1. The van der Waals surface area contributed by atoms with Crippen molar-refractivity contribution >= 4 is 0 Å². The Morgan fingerprint density at radius 2 is 2.15 bits per heavy atom. The number of likely N-dealkylation sites (tertiary alicyclic amines) is 1. The largest absolute Gasteiger partial charge is 0.464 e. The Morgan fingerprint density at radius 1 is 1.22 bits per heavy atom. The molecule has 27 heavy (non-hydrogen) atoms. The van der Waals surface area contributed by atoms with Crippen LogP contribution >= 0.6 is 0 Å². The molecule has 0 radical (unpaired) electrons. The molecule has 1 N–H and O–H groups in total. The van der Waals surface area contributed by atoms with Crippen LogP contribution in [0.25, 0.3) is 0 Å². The minimum Gasteiger partial charge on any atom is -0.464 e. The number of ether oxygens (including phenoxy) is 2. The van der Waals surface area contributed by atoms with Gasteiger partial charge in [-0.05, 0) is 56.0 Å². The van der Waals surface area contributed by atoms with Gasteiger partial charge in [-0.15, -0.1) is 5.11 Å². The van der Waals surface area contributed by atoms with Gasteiger partial charge in [0.1, 0.15) is 24.0 Å². The average molecular weight is 376 g/mol. The van der Waals surface area contributed by atoms with E-state index in [-0.39, 0.29) is 18.0 Å². The molecule has 3 aliphatic heterocycles. The van der Waals surface area contributed by atoms with Crippen molar-refractivity contribution in [3.05, 3.63) is 59.5 Å². The molecule has 0 aliphatic carbocycles. The third-order valence-electron chi connectivity index (χ3n) is 5.22. The average Bonchev–Trinajstić information content (AvgIpc) is 3.36. The lowest BCUT2D eigenvalue weighted by molar-refractivity contribution is -0.548. The minimum atomic E-state index is -0.418. The Morgan fingerprint density at radius 3 is 2.93 bits per heavy atom. The molecule has 3 atom stereocenters. The summed E-state index contributed by atoms with van der Waals surface area (Å²) in [5.74, 6) is -0.792. The third kappa shape index (κ3) is 4.18. The molecular formula is C20H24F2N3O2+. The van der Waals surface area contributed by atoms with Gasteiger partial charge in [-0.25, -0.2) is 8.78 Å². The molecule has 3 heterocycles. The van der Waals surface area contributed by atoms with E-state index in [4.69, 9.17) is 9.47 Å². The van der Waals surface area contributed by atoms with Crippen LogP contribution in [-0.2, 0) is 9.47 Å². The first kappa shape index (κ1) is 18.1. The number of nitrogens with zero attached hydrogens (tertiary/aromatic N) is 2. The fourth-order valence-corrected chi connectivity index (χ4v) is 3.86. The number of nitrogens with one attached hydrogen (secondary N) is 1. The molecule has 0 amide bonds. The summed E-state index contributed by atoms with van der Waals surface area (Å²) in [6, 6.07) is 3.44. The van der Waals surface area contributed by atoms with Gasteiger partial charge in [-0.2, -0.15) is 0 Å². The van der Waals surface area contributed by atoms with E-state index in [1.807, 2.05) is 12.2 Å². The summed E-state index contributed by atoms with van der Waals surface area (Å²) < 4.78 is 39.0. The van der Waals surface area contributed by atoms with Crippen LogP contribution in [0.1, 0.15) is 37.3 Å². The standard InChI is InChI=1S/C20H23F2N3O2/c21-14-5-7-18(22)17(11-14)19-4-1-9-25(19)15-6-8-20(27-13-15)24-23-12-16-3-2-10-26-16/h5-8,11,13,16,19-20H,1-4,9-10,12H2/p+1/t16-,19+,20?/m0/s1. The van der Waals surface area contributed by atoms with Crippen molar-refractivity contribution in [2.24, 2.45) is 5.11 Å². The number of benzene rings is 1. The second kappa shape index (κ2) is 8.17. The van der Waals surface area contributed by atoms with Gasteiger partial charge >= 0.3 is 0 Å². The maximum absolute atomic E-state index is 14.2. The zero-order chi connectivity index (χ0) is 18.6. The van der Waals surface area contributed by atoms with E-state index in [2.05, 4.69) is 15.1 Å². The lowest BCUT2D eigenvalue weighted by Crippen LogP contribution is -2.70. The molecule has 0 saturated carbocycles. The van der Waals surface area contributed by atoms with Crippen molar-refractivity contribution in [3.63, 3.8) is 0 Å². The number of hydrogen-bond donors (Lipinski definition) is 1. The van der Waals surface area contributed by atoms with Crippen LogP contribution in [-0.4, -0.2) is 36.9 Å². The molecular weight excluding hydrogens is 352 g/mol. The SMILES string of the molecule is Fc1ccc(F)c([C@H]2CCCN2C2=COC(N=[NH+]C[C@@H]3CCCO3)C=C2)c1. The minimum absolute atomic E-state index is 0.189. The Balaban J connectivity index is 1.39.